The summed E-state index contributed by atoms with van der Waals surface area (Å²) in [6.45, 7) is 0. The number of hydrogen-bond acceptors (Lipinski definition) is 3. The normalized spacial score (nSPS) is 11.8. The first-order chi connectivity index (χ1) is 3.18. The van der Waals surface area contributed by atoms with Crippen molar-refractivity contribution in [3.05, 3.63) is 0 Å². The van der Waals surface area contributed by atoms with Crippen LogP contribution >= 0.6 is 12.6 Å². The third-order valence-electron chi connectivity index (χ3n) is 0.514. The van der Waals surface area contributed by atoms with Crippen molar-refractivity contribution in [2.75, 3.05) is 5.75 Å². The molecule has 46 valence electrons. The number of thiol groups is 1. The second-order valence-corrected chi connectivity index (χ2v) is 1.49. The molecule has 0 spiro atoms. The summed E-state index contributed by atoms with van der Waals surface area (Å²) >= 11 is 3.65. The molecule has 0 aliphatic rings. The van der Waals surface area contributed by atoms with Crippen molar-refractivity contribution in [3.8, 4) is 0 Å². The average Bonchev–Trinajstić information content (AvgIpc) is 1.65. The minimum atomic E-state index is -1.00. The van der Waals surface area contributed by atoms with E-state index in [9.17, 15) is 4.79 Å². The van der Waals surface area contributed by atoms with Crippen molar-refractivity contribution < 1.29 is 12.8 Å². The maximum Gasteiger partial charge on any atom is 2.00 e. The van der Waals surface area contributed by atoms with Crippen LogP contribution in [-0.2, 0) is 4.79 Å². The summed E-state index contributed by atoms with van der Waals surface area (Å²) in [5.74, 6) is -0.815. The van der Waals surface area contributed by atoms with Crippen LogP contribution in [0.15, 0.2) is 0 Å². The van der Waals surface area contributed by atoms with Crippen LogP contribution in [0.25, 0.3) is 0 Å². The molecule has 0 rings (SSSR count). The van der Waals surface area contributed by atoms with E-state index in [2.05, 4.69) is 12.6 Å². The smallest absolute Gasteiger partial charge is 1.00 e. The number of aliphatic carboxylic acids is 1. The predicted octanol–water partition coefficient (Wildman–Crippen LogP) is -0.828. The summed E-state index contributed by atoms with van der Waals surface area (Å²) in [6, 6.07) is -0.816. The molecule has 5 heteroatoms. The van der Waals surface area contributed by atoms with Crippen molar-refractivity contribution >= 4 is 41.7 Å². The molecule has 0 aliphatic heterocycles. The van der Waals surface area contributed by atoms with E-state index in [1.54, 1.807) is 0 Å². The number of hydrogen-bond donors (Lipinski definition) is 3. The van der Waals surface area contributed by atoms with Crippen LogP contribution in [0.2, 0.25) is 0 Å². The first kappa shape index (κ1) is 11.4. The Morgan fingerprint density at radius 3 is 2.38 bits per heavy atom. The monoisotopic (exact) mass is 147 g/mol. The Labute approximate surface area is 72.2 Å². The Bertz CT molecular complexity index is 86.9. The van der Waals surface area contributed by atoms with E-state index in [0.717, 1.165) is 0 Å². The van der Waals surface area contributed by atoms with Crippen LogP contribution in [0.4, 0.5) is 0 Å². The molecule has 0 aromatic heterocycles. The Morgan fingerprint density at radius 1 is 2.00 bits per heavy atom. The second-order valence-electron chi connectivity index (χ2n) is 1.13. The van der Waals surface area contributed by atoms with Gasteiger partial charge in [-0.25, -0.2) is 0 Å². The van der Waals surface area contributed by atoms with Crippen molar-refractivity contribution in [1.82, 2.24) is 0 Å². The Balaban J connectivity index is -0.0000000600. The van der Waals surface area contributed by atoms with Crippen LogP contribution in [0, 0.1) is 0 Å². The molecule has 0 saturated carbocycles. The summed E-state index contributed by atoms with van der Waals surface area (Å²) in [5, 5.41) is 8.01. The molecule has 3 nitrogen and oxygen atoms in total. The fraction of sp³-hybridized carbons (Fsp3) is 0.667. The van der Waals surface area contributed by atoms with Gasteiger partial charge in [-0.1, -0.05) is 0 Å². The molecule has 0 saturated heterocycles. The van der Waals surface area contributed by atoms with Gasteiger partial charge >= 0.3 is 29.0 Å². The molecule has 0 radical (unpaired) electrons. The number of carboxylic acids is 1. The van der Waals surface area contributed by atoms with Gasteiger partial charge in [0.1, 0.15) is 6.04 Å². The van der Waals surface area contributed by atoms with Crippen molar-refractivity contribution in [2.45, 2.75) is 6.04 Å². The van der Waals surface area contributed by atoms with E-state index >= 15 is 0 Å². The maximum atomic E-state index is 9.76. The molecule has 0 aliphatic carbocycles. The van der Waals surface area contributed by atoms with Crippen LogP contribution in [0.1, 0.15) is 2.85 Å². The largest absolute Gasteiger partial charge is 2.00 e. The van der Waals surface area contributed by atoms with Crippen LogP contribution in [0.3, 0.4) is 0 Å². The summed E-state index contributed by atoms with van der Waals surface area (Å²) in [6.07, 6.45) is 0. The summed E-state index contributed by atoms with van der Waals surface area (Å²) in [4.78, 5) is 9.76. The molecule has 3 N–H and O–H groups in total. The van der Waals surface area contributed by atoms with Gasteiger partial charge in [0.15, 0.2) is 0 Å². The predicted molar refractivity (Wildman–Crippen MR) is 37.4 cm³/mol. The zero-order valence-electron chi connectivity index (χ0n) is 6.37. The number of rotatable bonds is 2. The van der Waals surface area contributed by atoms with E-state index in [4.69, 9.17) is 10.8 Å². The molecule has 1 unspecified atom stereocenters. The van der Waals surface area contributed by atoms with Crippen molar-refractivity contribution in [1.29, 1.82) is 0 Å². The van der Waals surface area contributed by atoms with Crippen molar-refractivity contribution in [2.24, 2.45) is 5.73 Å². The van der Waals surface area contributed by atoms with Gasteiger partial charge in [-0.05, 0) is 0 Å². The fourth-order valence-electron chi connectivity index (χ4n) is 0.0781. The minimum Gasteiger partial charge on any atom is -1.00 e. The summed E-state index contributed by atoms with van der Waals surface area (Å²) in [5.41, 5.74) is 4.94. The van der Waals surface area contributed by atoms with Crippen LogP contribution in [-0.4, -0.2) is 45.9 Å². The quantitative estimate of drug-likeness (QED) is 0.353. The number of carboxylic acid groups (broad SMARTS) is 1. The van der Waals surface area contributed by atoms with Gasteiger partial charge in [-0.2, -0.15) is 12.6 Å². The molecule has 0 bridgehead atoms. The van der Waals surface area contributed by atoms with E-state index in [0.29, 0.717) is 0 Å². The first-order valence-electron chi connectivity index (χ1n) is 1.77. The van der Waals surface area contributed by atoms with Crippen LogP contribution in [0.5, 0.6) is 0 Å². The fourth-order valence-corrected chi connectivity index (χ4v) is 0.234. The third-order valence-corrected chi connectivity index (χ3v) is 0.907. The summed E-state index contributed by atoms with van der Waals surface area (Å²) < 4.78 is 0. The Hall–Kier alpha value is 0.546. The van der Waals surface area contributed by atoms with Gasteiger partial charge in [-0.15, -0.1) is 0 Å². The van der Waals surface area contributed by atoms with E-state index < -0.39 is 12.0 Å². The second kappa shape index (κ2) is 5.68. The van der Waals surface area contributed by atoms with Gasteiger partial charge in [0, 0.05) is 5.75 Å². The average molecular weight is 147 g/mol. The van der Waals surface area contributed by atoms with E-state index in [-0.39, 0.29) is 31.7 Å². The van der Waals surface area contributed by atoms with E-state index in [1.807, 2.05) is 0 Å². The summed E-state index contributed by atoms with van der Waals surface area (Å²) in [7, 11) is 0. The molecule has 8 heavy (non-hydrogen) atoms. The molecule has 0 aromatic rings. The van der Waals surface area contributed by atoms with Gasteiger partial charge in [0.25, 0.3) is 0 Å². The Kier molecular flexibility index (Phi) is 8.06. The molecule has 0 aromatic carbocycles. The topological polar surface area (TPSA) is 63.3 Å². The zero-order chi connectivity index (χ0) is 5.86. The molecule has 0 fully saturated rings. The molecule has 0 amide bonds. The maximum absolute atomic E-state index is 9.76. The molecular formula is C3H9MgNO2S. The minimum absolute atomic E-state index is 0. The van der Waals surface area contributed by atoms with E-state index in [1.165, 1.54) is 0 Å². The van der Waals surface area contributed by atoms with Crippen molar-refractivity contribution in [3.63, 3.8) is 0 Å². The third kappa shape index (κ3) is 4.70. The number of nitrogens with two attached hydrogens (primary N) is 1. The number of carbonyl (C=O) groups is 1. The van der Waals surface area contributed by atoms with Gasteiger partial charge < -0.3 is 13.7 Å². The standard InChI is InChI=1S/C3H7NO2S.Mg.2H/c4-2(1-7)3(5)6;;;/h2,7H,1,4H2,(H,5,6);;;/q;+2;2*-1. The molecule has 1 atom stereocenters. The SMILES string of the molecule is NC(CS)C(=O)O.[H-].[H-].[Mg+2]. The Morgan fingerprint density at radius 2 is 2.38 bits per heavy atom. The van der Waals surface area contributed by atoms with Crippen LogP contribution < -0.4 is 5.73 Å². The van der Waals surface area contributed by atoms with Gasteiger partial charge in [-0.3, -0.25) is 4.79 Å². The molecule has 0 heterocycles. The molecular weight excluding hydrogens is 138 g/mol. The first-order valence-corrected chi connectivity index (χ1v) is 2.41. The van der Waals surface area contributed by atoms with Gasteiger partial charge in [0.05, 0.1) is 0 Å². The van der Waals surface area contributed by atoms with Gasteiger partial charge in [0.2, 0.25) is 0 Å². The zero-order valence-corrected chi connectivity index (χ0v) is 6.68.